The first-order chi connectivity index (χ1) is 3.79. The molecule has 9 heavy (non-hydrogen) atoms. The van der Waals surface area contributed by atoms with Crippen LogP contribution in [0.4, 0.5) is 0 Å². The van der Waals surface area contributed by atoms with Crippen molar-refractivity contribution in [1.82, 2.24) is 0 Å². The Kier molecular flexibility index (Phi) is 3.60. The number of allylic oxidation sites excluding steroid dienone is 4. The molecule has 0 saturated carbocycles. The van der Waals surface area contributed by atoms with Crippen molar-refractivity contribution in [1.29, 1.82) is 0 Å². The third-order valence-corrected chi connectivity index (χ3v) is 0.824. The zero-order valence-corrected chi connectivity index (χ0v) is 10.3. The minimum atomic E-state index is -0.121. The van der Waals surface area contributed by atoms with Gasteiger partial charge < -0.3 is 0 Å². The van der Waals surface area contributed by atoms with E-state index in [1.807, 2.05) is 0 Å². The molecule has 0 aromatic heterocycles. The zero-order valence-electron chi connectivity index (χ0n) is 4.83. The van der Waals surface area contributed by atoms with Gasteiger partial charge in [-0.1, -0.05) is 0 Å². The van der Waals surface area contributed by atoms with Crippen molar-refractivity contribution in [3.63, 3.8) is 0 Å². The van der Waals surface area contributed by atoms with Gasteiger partial charge in [-0.15, -0.1) is 0 Å². The van der Waals surface area contributed by atoms with Gasteiger partial charge in [0, 0.05) is 0 Å². The fourth-order valence-electron chi connectivity index (χ4n) is 0.440. The number of hydrogen-bond donors (Lipinski definition) is 0. The average molecular weight is 317 g/mol. The summed E-state index contributed by atoms with van der Waals surface area (Å²) in [4.78, 5) is 20.6. The standard InChI is InChI=1S/C6H4O2.Pb.2H/c7-5-1-2-6(8)4-3-5;;;/h1-4H;;;. The second-order valence-electron chi connectivity index (χ2n) is 1.47. The molecular weight excluding hydrogens is 311 g/mol. The molecule has 1 aliphatic rings. The summed E-state index contributed by atoms with van der Waals surface area (Å²) in [6, 6.07) is 0. The molecule has 3 heteroatoms. The van der Waals surface area contributed by atoms with Gasteiger partial charge >= 0.3 is 27.3 Å². The molecule has 46 valence electrons. The van der Waals surface area contributed by atoms with E-state index in [9.17, 15) is 9.59 Å². The fourth-order valence-corrected chi connectivity index (χ4v) is 0.440. The molecule has 0 heterocycles. The van der Waals surface area contributed by atoms with Gasteiger partial charge in [-0.25, -0.2) is 0 Å². The second kappa shape index (κ2) is 3.71. The van der Waals surface area contributed by atoms with Crippen LogP contribution in [0.1, 0.15) is 0 Å². The molecule has 0 aliphatic heterocycles. The summed E-state index contributed by atoms with van der Waals surface area (Å²) in [5.41, 5.74) is 0. The Morgan fingerprint density at radius 1 is 0.778 bits per heavy atom. The van der Waals surface area contributed by atoms with E-state index in [0.29, 0.717) is 0 Å². The Morgan fingerprint density at radius 2 is 1.00 bits per heavy atom. The van der Waals surface area contributed by atoms with Crippen molar-refractivity contribution in [2.24, 2.45) is 0 Å². The molecule has 2 radical (unpaired) electrons. The molecule has 0 N–H and O–H groups in total. The molecule has 0 unspecified atom stereocenters. The number of carbonyl (C=O) groups excluding carboxylic acids is 2. The van der Waals surface area contributed by atoms with Crippen molar-refractivity contribution in [3.05, 3.63) is 24.3 Å². The van der Waals surface area contributed by atoms with Gasteiger partial charge in [0.05, 0.1) is 0 Å². The Bertz CT molecular complexity index is 153. The van der Waals surface area contributed by atoms with E-state index in [4.69, 9.17) is 0 Å². The number of carbonyl (C=O) groups is 2. The summed E-state index contributed by atoms with van der Waals surface area (Å²) in [7, 11) is 0. The Labute approximate surface area is 72.8 Å². The number of hydrogen-bond acceptors (Lipinski definition) is 2. The van der Waals surface area contributed by atoms with Crippen LogP contribution in [0.3, 0.4) is 0 Å². The Balaban J connectivity index is 0.000000640. The monoisotopic (exact) mass is 318 g/mol. The zero-order chi connectivity index (χ0) is 5.98. The predicted molar refractivity (Wildman–Crippen MR) is 36.8 cm³/mol. The third-order valence-electron chi connectivity index (χ3n) is 0.824. The van der Waals surface area contributed by atoms with Crippen molar-refractivity contribution in [2.75, 3.05) is 0 Å². The second-order valence-corrected chi connectivity index (χ2v) is 1.47. The fraction of sp³-hybridized carbons (Fsp3) is 0. The Morgan fingerprint density at radius 3 is 1.22 bits per heavy atom. The van der Waals surface area contributed by atoms with Crippen LogP contribution in [0.15, 0.2) is 24.3 Å². The first kappa shape index (κ1) is 8.74. The summed E-state index contributed by atoms with van der Waals surface area (Å²) in [6.07, 6.45) is 5.01. The van der Waals surface area contributed by atoms with Crippen LogP contribution >= 0.6 is 0 Å². The van der Waals surface area contributed by atoms with Gasteiger partial charge in [0.15, 0.2) is 11.6 Å². The summed E-state index contributed by atoms with van der Waals surface area (Å²) < 4.78 is 0. The van der Waals surface area contributed by atoms with Gasteiger partial charge in [-0.05, 0) is 24.3 Å². The summed E-state index contributed by atoms with van der Waals surface area (Å²) in [6.45, 7) is 0. The van der Waals surface area contributed by atoms with Crippen molar-refractivity contribution < 1.29 is 9.59 Å². The van der Waals surface area contributed by atoms with Gasteiger partial charge in [-0.2, -0.15) is 0 Å². The van der Waals surface area contributed by atoms with Crippen molar-refractivity contribution >= 4 is 38.9 Å². The van der Waals surface area contributed by atoms with Crippen LogP contribution < -0.4 is 0 Å². The first-order valence-electron chi connectivity index (χ1n) is 2.23. The molecular formula is C6H6O2Pb. The molecule has 0 spiro atoms. The molecule has 1 aliphatic carbocycles. The van der Waals surface area contributed by atoms with Gasteiger partial charge in [0.25, 0.3) is 0 Å². The summed E-state index contributed by atoms with van der Waals surface area (Å²) in [5, 5.41) is 0. The minimum absolute atomic E-state index is 0. The van der Waals surface area contributed by atoms with E-state index in [1.54, 1.807) is 0 Å². The van der Waals surface area contributed by atoms with E-state index < -0.39 is 0 Å². The van der Waals surface area contributed by atoms with E-state index in [2.05, 4.69) is 0 Å². The topological polar surface area (TPSA) is 34.1 Å². The molecule has 0 aromatic rings. The molecule has 0 fully saturated rings. The maximum absolute atomic E-state index is 10.3. The van der Waals surface area contributed by atoms with E-state index in [-0.39, 0.29) is 38.9 Å². The first-order valence-corrected chi connectivity index (χ1v) is 2.23. The normalized spacial score (nSPS) is 15.6. The van der Waals surface area contributed by atoms with E-state index >= 15 is 0 Å². The molecule has 0 saturated heterocycles. The molecule has 1 rings (SSSR count). The van der Waals surface area contributed by atoms with Gasteiger partial charge in [0.1, 0.15) is 0 Å². The maximum atomic E-state index is 10.3. The summed E-state index contributed by atoms with van der Waals surface area (Å²) in [5.74, 6) is -0.241. The van der Waals surface area contributed by atoms with Crippen molar-refractivity contribution in [3.8, 4) is 0 Å². The van der Waals surface area contributed by atoms with Crippen LogP contribution in [-0.4, -0.2) is 38.9 Å². The molecule has 0 atom stereocenters. The SMILES string of the molecule is O=C1C=CC(=O)C=C1.[PbH2]. The molecule has 0 amide bonds. The van der Waals surface area contributed by atoms with E-state index in [0.717, 1.165) is 0 Å². The average Bonchev–Trinajstić information content (AvgIpc) is 1.77. The predicted octanol–water partition coefficient (Wildman–Crippen LogP) is -0.666. The van der Waals surface area contributed by atoms with Crippen LogP contribution in [0, 0.1) is 0 Å². The third kappa shape index (κ3) is 2.69. The van der Waals surface area contributed by atoms with Crippen LogP contribution in [0.25, 0.3) is 0 Å². The molecule has 0 bridgehead atoms. The molecule has 2 nitrogen and oxygen atoms in total. The summed E-state index contributed by atoms with van der Waals surface area (Å²) >= 11 is 0. The van der Waals surface area contributed by atoms with Crippen LogP contribution in [0.5, 0.6) is 0 Å². The van der Waals surface area contributed by atoms with Crippen LogP contribution in [-0.2, 0) is 9.59 Å². The number of rotatable bonds is 0. The quantitative estimate of drug-likeness (QED) is 0.439. The van der Waals surface area contributed by atoms with Crippen LogP contribution in [0.2, 0.25) is 0 Å². The molecule has 0 aromatic carbocycles. The van der Waals surface area contributed by atoms with Gasteiger partial charge in [-0.3, -0.25) is 9.59 Å². The van der Waals surface area contributed by atoms with Crippen molar-refractivity contribution in [2.45, 2.75) is 0 Å². The van der Waals surface area contributed by atoms with Gasteiger partial charge in [0.2, 0.25) is 0 Å². The number of ketones is 2. The Hall–Kier alpha value is -0.258. The van der Waals surface area contributed by atoms with E-state index in [1.165, 1.54) is 24.3 Å².